The van der Waals surface area contributed by atoms with E-state index in [0.29, 0.717) is 5.92 Å². The SMILES string of the molecule is Cc1ccc(CNCC(C)c2ccccc2)o1. The van der Waals surface area contributed by atoms with Crippen molar-refractivity contribution in [1.82, 2.24) is 5.32 Å². The molecule has 1 heterocycles. The van der Waals surface area contributed by atoms with E-state index in [0.717, 1.165) is 24.6 Å². The van der Waals surface area contributed by atoms with Crippen LogP contribution in [0.5, 0.6) is 0 Å². The summed E-state index contributed by atoms with van der Waals surface area (Å²) in [6.07, 6.45) is 0. The summed E-state index contributed by atoms with van der Waals surface area (Å²) in [5.74, 6) is 2.49. The maximum atomic E-state index is 5.51. The fourth-order valence-electron chi connectivity index (χ4n) is 1.89. The highest BCUT2D eigenvalue weighted by Crippen LogP contribution is 2.13. The van der Waals surface area contributed by atoms with Crippen LogP contribution in [0.15, 0.2) is 46.9 Å². The van der Waals surface area contributed by atoms with E-state index >= 15 is 0 Å². The molecule has 0 spiro atoms. The van der Waals surface area contributed by atoms with Gasteiger partial charge in [0.15, 0.2) is 0 Å². The first-order chi connectivity index (χ1) is 8.25. The maximum Gasteiger partial charge on any atom is 0.117 e. The topological polar surface area (TPSA) is 25.2 Å². The highest BCUT2D eigenvalue weighted by Gasteiger charge is 2.04. The van der Waals surface area contributed by atoms with Gasteiger partial charge in [-0.25, -0.2) is 0 Å². The molecule has 90 valence electrons. The molecule has 0 amide bonds. The maximum absolute atomic E-state index is 5.51. The second kappa shape index (κ2) is 5.69. The summed E-state index contributed by atoms with van der Waals surface area (Å²) in [5, 5.41) is 3.42. The molecule has 17 heavy (non-hydrogen) atoms. The first-order valence-electron chi connectivity index (χ1n) is 6.06. The van der Waals surface area contributed by atoms with Crippen LogP contribution in [0.2, 0.25) is 0 Å². The molecule has 0 fully saturated rings. The van der Waals surface area contributed by atoms with Crippen molar-refractivity contribution >= 4 is 0 Å². The molecular weight excluding hydrogens is 210 g/mol. The predicted octanol–water partition coefficient (Wildman–Crippen LogP) is 3.48. The summed E-state index contributed by atoms with van der Waals surface area (Å²) < 4.78 is 5.51. The van der Waals surface area contributed by atoms with Gasteiger partial charge in [0.25, 0.3) is 0 Å². The Morgan fingerprint density at radius 2 is 1.88 bits per heavy atom. The predicted molar refractivity (Wildman–Crippen MR) is 70.0 cm³/mol. The Labute approximate surface area is 103 Å². The van der Waals surface area contributed by atoms with E-state index in [2.05, 4.69) is 42.6 Å². The Morgan fingerprint density at radius 3 is 2.53 bits per heavy atom. The van der Waals surface area contributed by atoms with Crippen LogP contribution >= 0.6 is 0 Å². The van der Waals surface area contributed by atoms with Crippen molar-refractivity contribution in [2.75, 3.05) is 6.54 Å². The molecule has 1 atom stereocenters. The van der Waals surface area contributed by atoms with Gasteiger partial charge in [-0.2, -0.15) is 0 Å². The van der Waals surface area contributed by atoms with Gasteiger partial charge in [-0.1, -0.05) is 37.3 Å². The number of hydrogen-bond donors (Lipinski definition) is 1. The zero-order valence-corrected chi connectivity index (χ0v) is 10.4. The van der Waals surface area contributed by atoms with E-state index in [4.69, 9.17) is 4.42 Å². The molecule has 2 nitrogen and oxygen atoms in total. The van der Waals surface area contributed by atoms with E-state index in [-0.39, 0.29) is 0 Å². The van der Waals surface area contributed by atoms with Gasteiger partial charge in [0.2, 0.25) is 0 Å². The molecule has 0 bridgehead atoms. The molecule has 1 aromatic carbocycles. The fourth-order valence-corrected chi connectivity index (χ4v) is 1.89. The number of rotatable bonds is 5. The smallest absolute Gasteiger partial charge is 0.117 e. The van der Waals surface area contributed by atoms with Crippen molar-refractivity contribution in [3.05, 3.63) is 59.5 Å². The van der Waals surface area contributed by atoms with Crippen LogP contribution in [0.3, 0.4) is 0 Å². The first-order valence-corrected chi connectivity index (χ1v) is 6.06. The number of furan rings is 1. The molecule has 1 unspecified atom stereocenters. The van der Waals surface area contributed by atoms with Gasteiger partial charge in [0, 0.05) is 6.54 Å². The minimum atomic E-state index is 0.521. The third-order valence-corrected chi connectivity index (χ3v) is 2.91. The third kappa shape index (κ3) is 3.46. The lowest BCUT2D eigenvalue weighted by Gasteiger charge is -2.12. The molecule has 0 aliphatic rings. The zero-order valence-electron chi connectivity index (χ0n) is 10.4. The quantitative estimate of drug-likeness (QED) is 0.849. The molecule has 2 rings (SSSR count). The van der Waals surface area contributed by atoms with E-state index in [9.17, 15) is 0 Å². The molecule has 0 saturated heterocycles. The Morgan fingerprint density at radius 1 is 1.12 bits per heavy atom. The normalized spacial score (nSPS) is 12.6. The fraction of sp³-hybridized carbons (Fsp3) is 0.333. The van der Waals surface area contributed by atoms with Crippen LogP contribution in [0.25, 0.3) is 0 Å². The van der Waals surface area contributed by atoms with Gasteiger partial charge in [0.05, 0.1) is 6.54 Å². The lowest BCUT2D eigenvalue weighted by atomic mass is 10.0. The summed E-state index contributed by atoms with van der Waals surface area (Å²) >= 11 is 0. The number of nitrogens with one attached hydrogen (secondary N) is 1. The minimum absolute atomic E-state index is 0.521. The van der Waals surface area contributed by atoms with E-state index < -0.39 is 0 Å². The second-order valence-electron chi connectivity index (χ2n) is 4.45. The Kier molecular flexibility index (Phi) is 3.99. The van der Waals surface area contributed by atoms with E-state index in [1.165, 1.54) is 5.56 Å². The van der Waals surface area contributed by atoms with Gasteiger partial charge in [-0.3, -0.25) is 0 Å². The van der Waals surface area contributed by atoms with E-state index in [1.807, 2.05) is 19.1 Å². The number of aryl methyl sites for hydroxylation is 1. The molecule has 0 aliphatic carbocycles. The van der Waals surface area contributed by atoms with Crippen molar-refractivity contribution in [2.24, 2.45) is 0 Å². The van der Waals surface area contributed by atoms with Crippen molar-refractivity contribution < 1.29 is 4.42 Å². The Hall–Kier alpha value is -1.54. The summed E-state index contributed by atoms with van der Waals surface area (Å²) in [6, 6.07) is 14.6. The molecule has 2 aromatic rings. The van der Waals surface area contributed by atoms with Gasteiger partial charge < -0.3 is 9.73 Å². The van der Waals surface area contributed by atoms with Gasteiger partial charge >= 0.3 is 0 Å². The summed E-state index contributed by atoms with van der Waals surface area (Å²) in [6.45, 7) is 5.96. The number of hydrogen-bond acceptors (Lipinski definition) is 2. The molecule has 1 N–H and O–H groups in total. The summed E-state index contributed by atoms with van der Waals surface area (Å²) in [7, 11) is 0. The minimum Gasteiger partial charge on any atom is -0.465 e. The molecule has 1 aromatic heterocycles. The molecule has 2 heteroatoms. The second-order valence-corrected chi connectivity index (χ2v) is 4.45. The molecule has 0 saturated carbocycles. The van der Waals surface area contributed by atoms with Crippen molar-refractivity contribution in [2.45, 2.75) is 26.3 Å². The van der Waals surface area contributed by atoms with E-state index in [1.54, 1.807) is 0 Å². The highest BCUT2D eigenvalue weighted by atomic mass is 16.3. The zero-order chi connectivity index (χ0) is 12.1. The van der Waals surface area contributed by atoms with Crippen LogP contribution in [0, 0.1) is 6.92 Å². The summed E-state index contributed by atoms with van der Waals surface area (Å²) in [5.41, 5.74) is 1.37. The first kappa shape index (κ1) is 11.9. The monoisotopic (exact) mass is 229 g/mol. The van der Waals surface area contributed by atoms with Crippen LogP contribution in [0.1, 0.15) is 29.9 Å². The summed E-state index contributed by atoms with van der Waals surface area (Å²) in [4.78, 5) is 0. The number of benzene rings is 1. The standard InChI is InChI=1S/C15H19NO/c1-12(14-6-4-3-5-7-14)10-16-11-15-9-8-13(2)17-15/h3-9,12,16H,10-11H2,1-2H3. The van der Waals surface area contributed by atoms with Crippen molar-refractivity contribution in [1.29, 1.82) is 0 Å². The van der Waals surface area contributed by atoms with Crippen molar-refractivity contribution in [3.63, 3.8) is 0 Å². The lowest BCUT2D eigenvalue weighted by molar-refractivity contribution is 0.457. The lowest BCUT2D eigenvalue weighted by Crippen LogP contribution is -2.19. The molecular formula is C15H19NO. The van der Waals surface area contributed by atoms with Crippen LogP contribution < -0.4 is 5.32 Å². The Bertz CT molecular complexity index is 447. The molecule has 0 radical (unpaired) electrons. The average molecular weight is 229 g/mol. The Balaban J connectivity index is 1.79. The highest BCUT2D eigenvalue weighted by molar-refractivity contribution is 5.19. The van der Waals surface area contributed by atoms with Gasteiger partial charge in [0.1, 0.15) is 11.5 Å². The van der Waals surface area contributed by atoms with Gasteiger partial charge in [-0.05, 0) is 30.5 Å². The molecule has 0 aliphatic heterocycles. The third-order valence-electron chi connectivity index (χ3n) is 2.91. The van der Waals surface area contributed by atoms with Crippen LogP contribution in [-0.2, 0) is 6.54 Å². The van der Waals surface area contributed by atoms with Crippen LogP contribution in [-0.4, -0.2) is 6.54 Å². The average Bonchev–Trinajstić information content (AvgIpc) is 2.76. The van der Waals surface area contributed by atoms with Crippen molar-refractivity contribution in [3.8, 4) is 0 Å². The largest absolute Gasteiger partial charge is 0.465 e. The van der Waals surface area contributed by atoms with Gasteiger partial charge in [-0.15, -0.1) is 0 Å². The van der Waals surface area contributed by atoms with Crippen LogP contribution in [0.4, 0.5) is 0 Å².